The second-order valence-corrected chi connectivity index (χ2v) is 5.76. The van der Waals surface area contributed by atoms with Crippen LogP contribution in [0.25, 0.3) is 0 Å². The minimum absolute atomic E-state index is 0.0855. The van der Waals surface area contributed by atoms with Crippen LogP contribution < -0.4 is 0 Å². The lowest BCUT2D eigenvalue weighted by Crippen LogP contribution is -2.38. The molecule has 0 spiro atoms. The number of carbonyl (C=O) groups excluding carboxylic acids is 1. The van der Waals surface area contributed by atoms with Gasteiger partial charge in [-0.3, -0.25) is 4.79 Å². The maximum atomic E-state index is 11.2. The van der Waals surface area contributed by atoms with Crippen LogP contribution in [0, 0.1) is 0 Å². The Hall–Kier alpha value is -0.910. The number of ether oxygens (including phenoxy) is 1. The molecule has 1 saturated heterocycles. The molecule has 0 aliphatic carbocycles. The molecule has 1 heterocycles. The van der Waals surface area contributed by atoms with E-state index in [9.17, 15) is 4.79 Å². The fraction of sp³-hybridized carbons (Fsp3) is 0.385. The van der Waals surface area contributed by atoms with Gasteiger partial charge in [0.05, 0.1) is 13.2 Å². The Morgan fingerprint density at radius 2 is 1.89 bits per heavy atom. The third-order valence-electron chi connectivity index (χ3n) is 2.74. The van der Waals surface area contributed by atoms with E-state index in [0.717, 1.165) is 41.1 Å². The Balaban J connectivity index is 1.96. The summed E-state index contributed by atoms with van der Waals surface area (Å²) in [6, 6.07) is 7.56. The molecule has 5 heteroatoms. The second-order valence-electron chi connectivity index (χ2n) is 4.05. The molecule has 0 unspecified atom stereocenters. The molecular weight excluding hydrogens is 266 g/mol. The van der Waals surface area contributed by atoms with Crippen molar-refractivity contribution in [3.63, 3.8) is 0 Å². The van der Waals surface area contributed by atoms with Gasteiger partial charge < -0.3 is 9.64 Å². The molecule has 2 rings (SSSR count). The summed E-state index contributed by atoms with van der Waals surface area (Å²) >= 11 is 6.97. The van der Waals surface area contributed by atoms with Crippen LogP contribution in [0.4, 0.5) is 0 Å². The normalized spacial score (nSPS) is 15.5. The summed E-state index contributed by atoms with van der Waals surface area (Å²) in [5, 5.41) is 0. The van der Waals surface area contributed by atoms with Gasteiger partial charge in [0.2, 0.25) is 0 Å². The number of Topliss-reactive ketones (excluding diaryl/α,β-unsaturated/α-hetero) is 1. The predicted octanol–water partition coefficient (Wildman–Crippen LogP) is 2.60. The lowest BCUT2D eigenvalue weighted by molar-refractivity contribution is 0.0702. The lowest BCUT2D eigenvalue weighted by Gasteiger charge is -2.28. The van der Waals surface area contributed by atoms with Crippen molar-refractivity contribution in [2.75, 3.05) is 26.3 Å². The van der Waals surface area contributed by atoms with Gasteiger partial charge in [0.1, 0.15) is 4.32 Å². The number of morpholine rings is 1. The highest BCUT2D eigenvalue weighted by Gasteiger charge is 2.14. The molecule has 18 heavy (non-hydrogen) atoms. The van der Waals surface area contributed by atoms with Crippen LogP contribution in [0.1, 0.15) is 17.3 Å². The van der Waals surface area contributed by atoms with E-state index in [1.165, 1.54) is 0 Å². The quantitative estimate of drug-likeness (QED) is 0.472. The molecule has 96 valence electrons. The summed E-state index contributed by atoms with van der Waals surface area (Å²) in [4.78, 5) is 14.4. The number of rotatable bonds is 2. The first-order valence-corrected chi connectivity index (χ1v) is 7.05. The average molecular weight is 281 g/mol. The minimum Gasteiger partial charge on any atom is -0.378 e. The number of nitrogens with zero attached hydrogens (tertiary/aromatic N) is 1. The highest BCUT2D eigenvalue weighted by atomic mass is 32.2. The smallest absolute Gasteiger partial charge is 0.159 e. The van der Waals surface area contributed by atoms with E-state index in [-0.39, 0.29) is 5.78 Å². The zero-order valence-electron chi connectivity index (χ0n) is 10.2. The number of hydrogen-bond acceptors (Lipinski definition) is 4. The summed E-state index contributed by atoms with van der Waals surface area (Å²) in [6.07, 6.45) is 0. The molecule has 0 saturated carbocycles. The third-order valence-corrected chi connectivity index (χ3v) is 4.18. The SMILES string of the molecule is CC(=O)c1ccc(SC(=S)N2CCOCC2)cc1. The molecule has 0 radical (unpaired) electrons. The van der Waals surface area contributed by atoms with Crippen molar-refractivity contribution in [1.82, 2.24) is 4.90 Å². The molecule has 0 atom stereocenters. The van der Waals surface area contributed by atoms with Gasteiger partial charge in [0.15, 0.2) is 5.78 Å². The Morgan fingerprint density at radius 1 is 1.28 bits per heavy atom. The van der Waals surface area contributed by atoms with Crippen LogP contribution in [0.2, 0.25) is 0 Å². The van der Waals surface area contributed by atoms with Crippen LogP contribution in [-0.2, 0) is 4.74 Å². The van der Waals surface area contributed by atoms with Crippen LogP contribution in [-0.4, -0.2) is 41.3 Å². The zero-order chi connectivity index (χ0) is 13.0. The highest BCUT2D eigenvalue weighted by Crippen LogP contribution is 2.22. The lowest BCUT2D eigenvalue weighted by atomic mass is 10.2. The van der Waals surface area contributed by atoms with Crippen molar-refractivity contribution in [1.29, 1.82) is 0 Å². The van der Waals surface area contributed by atoms with E-state index in [4.69, 9.17) is 17.0 Å². The number of carbonyl (C=O) groups is 1. The van der Waals surface area contributed by atoms with E-state index in [0.29, 0.717) is 0 Å². The summed E-state index contributed by atoms with van der Waals surface area (Å²) < 4.78 is 6.16. The van der Waals surface area contributed by atoms with Crippen molar-refractivity contribution >= 4 is 34.1 Å². The summed E-state index contributed by atoms with van der Waals surface area (Å²) in [5.41, 5.74) is 0.733. The largest absolute Gasteiger partial charge is 0.378 e. The predicted molar refractivity (Wildman–Crippen MR) is 77.3 cm³/mol. The van der Waals surface area contributed by atoms with E-state index >= 15 is 0 Å². The fourth-order valence-corrected chi connectivity index (χ4v) is 2.93. The first-order valence-electron chi connectivity index (χ1n) is 5.82. The van der Waals surface area contributed by atoms with Crippen LogP contribution in [0.3, 0.4) is 0 Å². The Labute approximate surface area is 116 Å². The molecule has 1 aromatic carbocycles. The van der Waals surface area contributed by atoms with Gasteiger partial charge >= 0.3 is 0 Å². The van der Waals surface area contributed by atoms with Gasteiger partial charge in [0.25, 0.3) is 0 Å². The number of ketones is 1. The maximum Gasteiger partial charge on any atom is 0.159 e. The Bertz CT molecular complexity index is 439. The van der Waals surface area contributed by atoms with Gasteiger partial charge in [-0.1, -0.05) is 36.1 Å². The Kier molecular flexibility index (Phi) is 4.74. The molecule has 0 amide bonds. The second kappa shape index (κ2) is 6.31. The first kappa shape index (κ1) is 13.5. The van der Waals surface area contributed by atoms with Crippen molar-refractivity contribution in [3.8, 4) is 0 Å². The summed E-state index contributed by atoms with van der Waals surface area (Å²) in [6.45, 7) is 4.77. The van der Waals surface area contributed by atoms with Crippen molar-refractivity contribution < 1.29 is 9.53 Å². The molecule has 1 aliphatic heterocycles. The molecule has 1 fully saturated rings. The summed E-state index contributed by atoms with van der Waals surface area (Å²) in [5.74, 6) is 0.0855. The number of hydrogen-bond donors (Lipinski definition) is 0. The number of thioether (sulfide) groups is 1. The van der Waals surface area contributed by atoms with E-state index in [1.807, 2.05) is 24.3 Å². The molecule has 0 aromatic heterocycles. The molecular formula is C13H15NO2S2. The van der Waals surface area contributed by atoms with Gasteiger partial charge in [-0.2, -0.15) is 0 Å². The van der Waals surface area contributed by atoms with E-state index in [2.05, 4.69) is 4.90 Å². The Morgan fingerprint density at radius 3 is 2.44 bits per heavy atom. The minimum atomic E-state index is 0.0855. The fourth-order valence-electron chi connectivity index (χ4n) is 1.67. The van der Waals surface area contributed by atoms with Crippen LogP contribution in [0.15, 0.2) is 29.2 Å². The average Bonchev–Trinajstić information content (AvgIpc) is 2.40. The van der Waals surface area contributed by atoms with Gasteiger partial charge in [-0.05, 0) is 19.1 Å². The maximum absolute atomic E-state index is 11.2. The molecule has 0 N–H and O–H groups in total. The van der Waals surface area contributed by atoms with Gasteiger partial charge in [0, 0.05) is 23.5 Å². The first-order chi connectivity index (χ1) is 8.66. The van der Waals surface area contributed by atoms with Crippen molar-refractivity contribution in [2.24, 2.45) is 0 Å². The third kappa shape index (κ3) is 3.54. The van der Waals surface area contributed by atoms with E-state index in [1.54, 1.807) is 18.7 Å². The molecule has 1 aromatic rings. The van der Waals surface area contributed by atoms with E-state index < -0.39 is 0 Å². The number of thiocarbonyl (C=S) groups is 1. The van der Waals surface area contributed by atoms with Crippen molar-refractivity contribution in [3.05, 3.63) is 29.8 Å². The molecule has 3 nitrogen and oxygen atoms in total. The monoisotopic (exact) mass is 281 g/mol. The van der Waals surface area contributed by atoms with Gasteiger partial charge in [-0.15, -0.1) is 0 Å². The molecule has 0 bridgehead atoms. The summed E-state index contributed by atoms with van der Waals surface area (Å²) in [7, 11) is 0. The van der Waals surface area contributed by atoms with Crippen LogP contribution >= 0.6 is 24.0 Å². The standard InChI is InChI=1S/C13H15NO2S2/c1-10(15)11-2-4-12(5-3-11)18-13(17)14-6-8-16-9-7-14/h2-5H,6-9H2,1H3. The van der Waals surface area contributed by atoms with Crippen LogP contribution in [0.5, 0.6) is 0 Å². The number of benzene rings is 1. The highest BCUT2D eigenvalue weighted by molar-refractivity contribution is 8.22. The van der Waals surface area contributed by atoms with Crippen molar-refractivity contribution in [2.45, 2.75) is 11.8 Å². The molecule has 1 aliphatic rings. The topological polar surface area (TPSA) is 29.5 Å². The zero-order valence-corrected chi connectivity index (χ0v) is 11.9. The van der Waals surface area contributed by atoms with Gasteiger partial charge in [-0.25, -0.2) is 0 Å².